The molecule has 102 valence electrons. The van der Waals surface area contributed by atoms with E-state index in [0.29, 0.717) is 12.5 Å². The molecular weight excluding hydrogens is 290 g/mol. The molecule has 3 heteroatoms. The molecule has 0 saturated heterocycles. The van der Waals surface area contributed by atoms with Crippen LogP contribution in [-0.4, -0.2) is 18.3 Å². The van der Waals surface area contributed by atoms with E-state index in [-0.39, 0.29) is 12.5 Å². The topological polar surface area (TPSA) is 46.2 Å². The average molecular weight is 314 g/mol. The van der Waals surface area contributed by atoms with Crippen LogP contribution in [-0.2, 0) is 6.42 Å². The van der Waals surface area contributed by atoms with Gasteiger partial charge in [-0.2, -0.15) is 0 Å². The van der Waals surface area contributed by atoms with E-state index in [4.69, 9.17) is 5.73 Å². The Hall–Kier alpha value is -0.380. The van der Waals surface area contributed by atoms with Crippen LogP contribution in [0.25, 0.3) is 0 Å². The molecule has 0 spiro atoms. The van der Waals surface area contributed by atoms with Crippen molar-refractivity contribution in [1.82, 2.24) is 0 Å². The zero-order chi connectivity index (χ0) is 13.5. The summed E-state index contributed by atoms with van der Waals surface area (Å²) in [4.78, 5) is 0. The molecule has 1 aromatic rings. The van der Waals surface area contributed by atoms with Gasteiger partial charge in [0.05, 0.1) is 0 Å². The van der Waals surface area contributed by atoms with Gasteiger partial charge in [0, 0.05) is 11.1 Å². The number of hydrogen-bond acceptors (Lipinski definition) is 2. The van der Waals surface area contributed by atoms with Crippen molar-refractivity contribution >= 4 is 15.9 Å². The first-order valence-electron chi connectivity index (χ1n) is 6.75. The van der Waals surface area contributed by atoms with Crippen molar-refractivity contribution in [1.29, 1.82) is 0 Å². The van der Waals surface area contributed by atoms with Crippen molar-refractivity contribution in [3.8, 4) is 0 Å². The van der Waals surface area contributed by atoms with Crippen molar-refractivity contribution in [3.05, 3.63) is 33.8 Å². The monoisotopic (exact) mass is 313 g/mol. The average Bonchev–Trinajstić information content (AvgIpc) is 2.40. The minimum Gasteiger partial charge on any atom is -0.396 e. The van der Waals surface area contributed by atoms with Crippen LogP contribution in [0.1, 0.15) is 43.7 Å². The molecule has 0 amide bonds. The SMILES string of the molecule is CCc1ccc(C(CC)CC(CN)CO)cc1Br. The van der Waals surface area contributed by atoms with Gasteiger partial charge >= 0.3 is 0 Å². The van der Waals surface area contributed by atoms with E-state index >= 15 is 0 Å². The minimum atomic E-state index is 0.182. The molecule has 0 aliphatic heterocycles. The van der Waals surface area contributed by atoms with E-state index in [1.807, 2.05) is 0 Å². The van der Waals surface area contributed by atoms with Crippen LogP contribution in [0.4, 0.5) is 0 Å². The van der Waals surface area contributed by atoms with Crippen LogP contribution < -0.4 is 5.73 Å². The molecule has 0 aliphatic rings. The molecule has 0 saturated carbocycles. The van der Waals surface area contributed by atoms with E-state index in [0.717, 1.165) is 19.3 Å². The van der Waals surface area contributed by atoms with E-state index < -0.39 is 0 Å². The fourth-order valence-corrected chi connectivity index (χ4v) is 2.97. The molecule has 1 rings (SSSR count). The van der Waals surface area contributed by atoms with Gasteiger partial charge in [-0.1, -0.05) is 41.9 Å². The van der Waals surface area contributed by atoms with E-state index in [2.05, 4.69) is 48.0 Å². The first kappa shape index (κ1) is 15.7. The van der Waals surface area contributed by atoms with Crippen LogP contribution >= 0.6 is 15.9 Å². The van der Waals surface area contributed by atoms with Crippen molar-refractivity contribution in [3.63, 3.8) is 0 Å². The zero-order valence-electron chi connectivity index (χ0n) is 11.3. The second-order valence-corrected chi connectivity index (χ2v) is 5.68. The highest BCUT2D eigenvalue weighted by Gasteiger charge is 2.16. The Bertz CT molecular complexity index is 364. The van der Waals surface area contributed by atoms with Crippen LogP contribution in [0.2, 0.25) is 0 Å². The highest BCUT2D eigenvalue weighted by molar-refractivity contribution is 9.10. The third-order valence-corrected chi connectivity index (χ3v) is 4.37. The van der Waals surface area contributed by atoms with Gasteiger partial charge in [-0.05, 0) is 54.8 Å². The number of nitrogens with two attached hydrogens (primary N) is 1. The summed E-state index contributed by atoms with van der Waals surface area (Å²) in [7, 11) is 0. The van der Waals surface area contributed by atoms with E-state index in [1.165, 1.54) is 15.6 Å². The Morgan fingerprint density at radius 3 is 2.50 bits per heavy atom. The third-order valence-electron chi connectivity index (χ3n) is 3.63. The molecule has 2 unspecified atom stereocenters. The molecule has 2 nitrogen and oxygen atoms in total. The number of halogens is 1. The van der Waals surface area contributed by atoms with Crippen molar-refractivity contribution in [2.75, 3.05) is 13.2 Å². The summed E-state index contributed by atoms with van der Waals surface area (Å²) in [5.74, 6) is 0.687. The van der Waals surface area contributed by atoms with E-state index in [9.17, 15) is 5.11 Å². The first-order valence-corrected chi connectivity index (χ1v) is 7.54. The van der Waals surface area contributed by atoms with E-state index in [1.54, 1.807) is 0 Å². The molecule has 0 aromatic heterocycles. The van der Waals surface area contributed by atoms with Gasteiger partial charge in [0.1, 0.15) is 0 Å². The van der Waals surface area contributed by atoms with Crippen LogP contribution in [0, 0.1) is 5.92 Å². The molecule has 0 aliphatic carbocycles. The molecule has 0 fully saturated rings. The fourth-order valence-electron chi connectivity index (χ4n) is 2.29. The number of hydrogen-bond donors (Lipinski definition) is 2. The second kappa shape index (κ2) is 7.93. The number of aliphatic hydroxyl groups is 1. The quantitative estimate of drug-likeness (QED) is 0.809. The van der Waals surface area contributed by atoms with Gasteiger partial charge < -0.3 is 10.8 Å². The lowest BCUT2D eigenvalue weighted by atomic mass is 9.87. The third kappa shape index (κ3) is 4.08. The summed E-state index contributed by atoms with van der Waals surface area (Å²) in [6, 6.07) is 6.62. The van der Waals surface area contributed by atoms with Gasteiger partial charge in [-0.15, -0.1) is 0 Å². The van der Waals surface area contributed by atoms with Gasteiger partial charge in [-0.3, -0.25) is 0 Å². The lowest BCUT2D eigenvalue weighted by molar-refractivity contribution is 0.214. The second-order valence-electron chi connectivity index (χ2n) is 4.83. The Kier molecular flexibility index (Phi) is 6.90. The Morgan fingerprint density at radius 2 is 2.06 bits per heavy atom. The normalized spacial score (nSPS) is 14.5. The molecule has 0 bridgehead atoms. The maximum absolute atomic E-state index is 9.26. The Morgan fingerprint density at radius 1 is 1.33 bits per heavy atom. The number of aliphatic hydroxyl groups excluding tert-OH is 1. The van der Waals surface area contributed by atoms with Crippen LogP contribution in [0.3, 0.4) is 0 Å². The number of benzene rings is 1. The molecule has 0 radical (unpaired) electrons. The first-order chi connectivity index (χ1) is 8.65. The standard InChI is InChI=1S/C15H24BrNO/c1-3-12-5-6-14(8-15(12)16)13(4-2)7-11(9-17)10-18/h5-6,8,11,13,18H,3-4,7,9-10,17H2,1-2H3. The molecule has 0 heterocycles. The number of rotatable bonds is 7. The van der Waals surface area contributed by atoms with Crippen molar-refractivity contribution < 1.29 is 5.11 Å². The van der Waals surface area contributed by atoms with Crippen molar-refractivity contribution in [2.24, 2.45) is 11.7 Å². The van der Waals surface area contributed by atoms with Gasteiger partial charge in [0.15, 0.2) is 0 Å². The highest BCUT2D eigenvalue weighted by atomic mass is 79.9. The molecule has 18 heavy (non-hydrogen) atoms. The Balaban J connectivity index is 2.84. The minimum absolute atomic E-state index is 0.182. The van der Waals surface area contributed by atoms with Crippen molar-refractivity contribution in [2.45, 2.75) is 39.0 Å². The predicted octanol–water partition coefficient (Wildman–Crippen LogP) is 3.46. The lowest BCUT2D eigenvalue weighted by Gasteiger charge is -2.21. The fraction of sp³-hybridized carbons (Fsp3) is 0.600. The lowest BCUT2D eigenvalue weighted by Crippen LogP contribution is -2.20. The summed E-state index contributed by atoms with van der Waals surface area (Å²) in [5.41, 5.74) is 8.35. The summed E-state index contributed by atoms with van der Waals surface area (Å²) in [6.45, 7) is 5.09. The smallest absolute Gasteiger partial charge is 0.0471 e. The predicted molar refractivity (Wildman–Crippen MR) is 80.8 cm³/mol. The van der Waals surface area contributed by atoms with Gasteiger partial charge in [0.25, 0.3) is 0 Å². The van der Waals surface area contributed by atoms with Crippen LogP contribution in [0.15, 0.2) is 22.7 Å². The van der Waals surface area contributed by atoms with Crippen LogP contribution in [0.5, 0.6) is 0 Å². The largest absolute Gasteiger partial charge is 0.396 e. The van der Waals surface area contributed by atoms with Gasteiger partial charge in [-0.25, -0.2) is 0 Å². The molecular formula is C15H24BrNO. The highest BCUT2D eigenvalue weighted by Crippen LogP contribution is 2.30. The zero-order valence-corrected chi connectivity index (χ0v) is 12.9. The summed E-state index contributed by atoms with van der Waals surface area (Å²) < 4.78 is 1.19. The summed E-state index contributed by atoms with van der Waals surface area (Å²) >= 11 is 3.63. The maximum Gasteiger partial charge on any atom is 0.0471 e. The molecule has 1 aromatic carbocycles. The number of aryl methyl sites for hydroxylation is 1. The summed E-state index contributed by atoms with van der Waals surface area (Å²) in [6.07, 6.45) is 3.08. The summed E-state index contributed by atoms with van der Waals surface area (Å²) in [5, 5.41) is 9.26. The molecule has 3 N–H and O–H groups in total. The maximum atomic E-state index is 9.26. The molecule has 2 atom stereocenters. The Labute approximate surface area is 119 Å². The van der Waals surface area contributed by atoms with Gasteiger partial charge in [0.2, 0.25) is 0 Å².